The largest absolute Gasteiger partial charge is 0.314 e. The molecule has 2 fully saturated rings. The summed E-state index contributed by atoms with van der Waals surface area (Å²) in [6.45, 7) is 8.94. The number of nitrogens with zero attached hydrogens (tertiary/aromatic N) is 1. The highest BCUT2D eigenvalue weighted by Crippen LogP contribution is 2.21. The minimum absolute atomic E-state index is 0.871. The molecule has 92 valence electrons. The average molecular weight is 222 g/mol. The van der Waals surface area contributed by atoms with Crippen molar-refractivity contribution in [3.8, 4) is 0 Å². The van der Waals surface area contributed by atoms with E-state index in [1.54, 1.807) is 0 Å². The molecule has 1 unspecified atom stereocenters. The summed E-state index contributed by atoms with van der Waals surface area (Å²) >= 11 is 0. The van der Waals surface area contributed by atoms with Crippen molar-refractivity contribution in [3.63, 3.8) is 0 Å². The van der Waals surface area contributed by atoms with Crippen molar-refractivity contribution in [1.82, 2.24) is 10.2 Å². The van der Waals surface area contributed by atoms with Crippen LogP contribution in [0.15, 0.2) is 12.7 Å². The molecule has 0 aromatic carbocycles. The van der Waals surface area contributed by atoms with Gasteiger partial charge in [0.15, 0.2) is 0 Å². The highest BCUT2D eigenvalue weighted by molar-refractivity contribution is 4.83. The number of hydrogen-bond acceptors (Lipinski definition) is 2. The summed E-state index contributed by atoms with van der Waals surface area (Å²) in [6.07, 6.45) is 10.1. The Kier molecular flexibility index (Phi) is 4.86. The molecule has 0 aromatic heterocycles. The zero-order valence-electron chi connectivity index (χ0n) is 10.5. The molecule has 1 aliphatic carbocycles. The van der Waals surface area contributed by atoms with Gasteiger partial charge in [-0.25, -0.2) is 0 Å². The summed E-state index contributed by atoms with van der Waals surface area (Å²) in [6, 6.07) is 0.871. The van der Waals surface area contributed by atoms with Crippen molar-refractivity contribution in [2.24, 2.45) is 5.92 Å². The number of hydrogen-bond donors (Lipinski definition) is 1. The number of allylic oxidation sites excluding steroid dienone is 1. The standard InChI is InChI=1S/C14H26N2/c1-2-3-4-9-16-10-5-6-13(12-16)11-15-14-7-8-14/h2,13-15H,1,3-12H2. The molecule has 0 aromatic rings. The smallest absolute Gasteiger partial charge is 0.00683 e. The van der Waals surface area contributed by atoms with E-state index in [2.05, 4.69) is 16.8 Å². The number of rotatable bonds is 7. The van der Waals surface area contributed by atoms with Crippen molar-refractivity contribution in [3.05, 3.63) is 12.7 Å². The van der Waals surface area contributed by atoms with E-state index in [1.807, 2.05) is 6.08 Å². The highest BCUT2D eigenvalue weighted by Gasteiger charge is 2.24. The zero-order valence-corrected chi connectivity index (χ0v) is 10.5. The molecule has 2 heteroatoms. The minimum atomic E-state index is 0.871. The van der Waals surface area contributed by atoms with E-state index >= 15 is 0 Å². The normalized spacial score (nSPS) is 26.9. The summed E-state index contributed by atoms with van der Waals surface area (Å²) in [5.74, 6) is 0.901. The second kappa shape index (κ2) is 6.41. The van der Waals surface area contributed by atoms with Crippen LogP contribution in [0.1, 0.15) is 38.5 Å². The van der Waals surface area contributed by atoms with Gasteiger partial charge in [-0.3, -0.25) is 0 Å². The molecule has 0 radical (unpaired) electrons. The van der Waals surface area contributed by atoms with Crippen LogP contribution < -0.4 is 5.32 Å². The third-order valence-electron chi connectivity index (χ3n) is 3.76. The predicted octanol–water partition coefficient (Wildman–Crippen LogP) is 2.42. The van der Waals surface area contributed by atoms with E-state index in [1.165, 1.54) is 64.7 Å². The van der Waals surface area contributed by atoms with Crippen LogP contribution in [-0.4, -0.2) is 37.1 Å². The van der Waals surface area contributed by atoms with Gasteiger partial charge in [-0.05, 0) is 64.1 Å². The summed E-state index contributed by atoms with van der Waals surface area (Å²) in [5.41, 5.74) is 0. The lowest BCUT2D eigenvalue weighted by Gasteiger charge is -2.32. The maximum absolute atomic E-state index is 3.79. The lowest BCUT2D eigenvalue weighted by atomic mass is 9.97. The molecule has 2 aliphatic rings. The van der Waals surface area contributed by atoms with Gasteiger partial charge in [0.2, 0.25) is 0 Å². The zero-order chi connectivity index (χ0) is 11.2. The third kappa shape index (κ3) is 4.26. The lowest BCUT2D eigenvalue weighted by molar-refractivity contribution is 0.171. The molecule has 1 atom stereocenters. The van der Waals surface area contributed by atoms with Crippen molar-refractivity contribution >= 4 is 0 Å². The Labute approximate surface area is 100 Å². The first-order chi connectivity index (χ1) is 7.88. The Morgan fingerprint density at radius 3 is 2.94 bits per heavy atom. The number of piperidine rings is 1. The molecule has 0 spiro atoms. The SMILES string of the molecule is C=CCCCN1CCCC(CNC2CC2)C1. The van der Waals surface area contributed by atoms with Crippen LogP contribution in [0.3, 0.4) is 0 Å². The van der Waals surface area contributed by atoms with Gasteiger partial charge in [-0.15, -0.1) is 6.58 Å². The molecule has 1 aliphatic heterocycles. The fourth-order valence-electron chi connectivity index (χ4n) is 2.60. The number of nitrogens with one attached hydrogen (secondary N) is 1. The molecule has 1 saturated heterocycles. The Morgan fingerprint density at radius 1 is 1.31 bits per heavy atom. The van der Waals surface area contributed by atoms with E-state index < -0.39 is 0 Å². The van der Waals surface area contributed by atoms with Gasteiger partial charge in [0.25, 0.3) is 0 Å². The van der Waals surface area contributed by atoms with Crippen LogP contribution in [0.5, 0.6) is 0 Å². The Bertz CT molecular complexity index is 211. The monoisotopic (exact) mass is 222 g/mol. The van der Waals surface area contributed by atoms with Crippen molar-refractivity contribution in [2.45, 2.75) is 44.6 Å². The fraction of sp³-hybridized carbons (Fsp3) is 0.857. The summed E-state index contributed by atoms with van der Waals surface area (Å²) in [5, 5.41) is 3.67. The molecular formula is C14H26N2. The quantitative estimate of drug-likeness (QED) is 0.526. The van der Waals surface area contributed by atoms with Crippen molar-refractivity contribution < 1.29 is 0 Å². The molecule has 2 rings (SSSR count). The molecule has 1 heterocycles. The first-order valence-electron chi connectivity index (χ1n) is 6.95. The van der Waals surface area contributed by atoms with Crippen LogP contribution in [0.25, 0.3) is 0 Å². The van der Waals surface area contributed by atoms with Gasteiger partial charge in [0.1, 0.15) is 0 Å². The first kappa shape index (κ1) is 12.1. The van der Waals surface area contributed by atoms with Crippen LogP contribution >= 0.6 is 0 Å². The van der Waals surface area contributed by atoms with E-state index in [0.717, 1.165) is 12.0 Å². The van der Waals surface area contributed by atoms with Crippen molar-refractivity contribution in [2.75, 3.05) is 26.2 Å². The van der Waals surface area contributed by atoms with Gasteiger partial charge < -0.3 is 10.2 Å². The van der Waals surface area contributed by atoms with Gasteiger partial charge in [0.05, 0.1) is 0 Å². The number of unbranched alkanes of at least 4 members (excludes halogenated alkanes) is 1. The van der Waals surface area contributed by atoms with Crippen LogP contribution in [0.2, 0.25) is 0 Å². The molecule has 2 nitrogen and oxygen atoms in total. The average Bonchev–Trinajstić information content (AvgIpc) is 3.11. The molecule has 1 N–H and O–H groups in total. The molecule has 1 saturated carbocycles. The Hall–Kier alpha value is -0.340. The highest BCUT2D eigenvalue weighted by atomic mass is 15.1. The maximum Gasteiger partial charge on any atom is 0.00683 e. The van der Waals surface area contributed by atoms with Crippen LogP contribution in [-0.2, 0) is 0 Å². The van der Waals surface area contributed by atoms with E-state index in [0.29, 0.717) is 0 Å². The van der Waals surface area contributed by atoms with Crippen molar-refractivity contribution in [1.29, 1.82) is 0 Å². The van der Waals surface area contributed by atoms with E-state index in [-0.39, 0.29) is 0 Å². The Morgan fingerprint density at radius 2 is 2.19 bits per heavy atom. The second-order valence-electron chi connectivity index (χ2n) is 5.42. The van der Waals surface area contributed by atoms with E-state index in [4.69, 9.17) is 0 Å². The van der Waals surface area contributed by atoms with Crippen LogP contribution in [0.4, 0.5) is 0 Å². The number of likely N-dealkylation sites (tertiary alicyclic amines) is 1. The molecule has 0 amide bonds. The van der Waals surface area contributed by atoms with Gasteiger partial charge in [0, 0.05) is 12.6 Å². The Balaban J connectivity index is 1.60. The third-order valence-corrected chi connectivity index (χ3v) is 3.76. The second-order valence-corrected chi connectivity index (χ2v) is 5.42. The summed E-state index contributed by atoms with van der Waals surface area (Å²) < 4.78 is 0. The van der Waals surface area contributed by atoms with Gasteiger partial charge in [-0.2, -0.15) is 0 Å². The topological polar surface area (TPSA) is 15.3 Å². The van der Waals surface area contributed by atoms with Gasteiger partial charge >= 0.3 is 0 Å². The van der Waals surface area contributed by atoms with Gasteiger partial charge in [-0.1, -0.05) is 6.08 Å². The van der Waals surface area contributed by atoms with Crippen LogP contribution in [0, 0.1) is 5.92 Å². The maximum atomic E-state index is 3.79. The first-order valence-corrected chi connectivity index (χ1v) is 6.95. The molecule has 0 bridgehead atoms. The lowest BCUT2D eigenvalue weighted by Crippen LogP contribution is -2.40. The molecular weight excluding hydrogens is 196 g/mol. The molecule has 16 heavy (non-hydrogen) atoms. The van der Waals surface area contributed by atoms with E-state index in [9.17, 15) is 0 Å². The minimum Gasteiger partial charge on any atom is -0.314 e. The summed E-state index contributed by atoms with van der Waals surface area (Å²) in [7, 11) is 0. The predicted molar refractivity (Wildman–Crippen MR) is 69.6 cm³/mol. The fourth-order valence-corrected chi connectivity index (χ4v) is 2.60. The summed E-state index contributed by atoms with van der Waals surface area (Å²) in [4.78, 5) is 2.65.